The summed E-state index contributed by atoms with van der Waals surface area (Å²) in [6.07, 6.45) is 0.628. The number of hydrazone groups is 1. The summed E-state index contributed by atoms with van der Waals surface area (Å²) < 4.78 is 5.53. The minimum Gasteiger partial charge on any atom is -0.496 e. The van der Waals surface area contributed by atoms with E-state index in [2.05, 4.69) is 5.10 Å². The van der Waals surface area contributed by atoms with Gasteiger partial charge >= 0.3 is 0 Å². The van der Waals surface area contributed by atoms with Crippen LogP contribution >= 0.6 is 22.9 Å². The fourth-order valence-corrected chi connectivity index (χ4v) is 4.09. The lowest BCUT2D eigenvalue weighted by atomic mass is 9.98. The van der Waals surface area contributed by atoms with Crippen molar-refractivity contribution >= 4 is 34.6 Å². The largest absolute Gasteiger partial charge is 0.496 e. The van der Waals surface area contributed by atoms with Crippen molar-refractivity contribution in [3.05, 3.63) is 87.1 Å². The van der Waals surface area contributed by atoms with Crippen LogP contribution < -0.4 is 4.74 Å². The third-order valence-electron chi connectivity index (χ3n) is 4.54. The Labute approximate surface area is 166 Å². The lowest BCUT2D eigenvalue weighted by Crippen LogP contribution is -2.27. The van der Waals surface area contributed by atoms with Crippen LogP contribution in [0.15, 0.2) is 70.5 Å². The third-order valence-corrected chi connectivity index (χ3v) is 5.46. The van der Waals surface area contributed by atoms with Gasteiger partial charge in [0.05, 0.1) is 18.9 Å². The monoisotopic (exact) mass is 396 g/mol. The lowest BCUT2D eigenvalue weighted by Gasteiger charge is -2.23. The van der Waals surface area contributed by atoms with Crippen LogP contribution in [0.4, 0.5) is 0 Å². The fraction of sp³-hybridized carbons (Fsp3) is 0.143. The summed E-state index contributed by atoms with van der Waals surface area (Å²) in [5, 5.41) is 10.8. The van der Waals surface area contributed by atoms with Gasteiger partial charge in [0.1, 0.15) is 5.75 Å². The number of benzene rings is 2. The summed E-state index contributed by atoms with van der Waals surface area (Å²) in [4.78, 5) is 13.2. The molecule has 0 aliphatic carbocycles. The van der Waals surface area contributed by atoms with E-state index in [4.69, 9.17) is 16.3 Å². The predicted octanol–water partition coefficient (Wildman–Crippen LogP) is 5.40. The van der Waals surface area contributed by atoms with Gasteiger partial charge in [-0.3, -0.25) is 4.79 Å². The summed E-state index contributed by atoms with van der Waals surface area (Å²) in [5.74, 6) is 0.562. The van der Waals surface area contributed by atoms with Crippen molar-refractivity contribution in [1.82, 2.24) is 5.01 Å². The molecular weight excluding hydrogens is 380 g/mol. The predicted molar refractivity (Wildman–Crippen MR) is 109 cm³/mol. The third kappa shape index (κ3) is 3.48. The maximum atomic E-state index is 13.2. The van der Waals surface area contributed by atoms with Crippen molar-refractivity contribution in [3.8, 4) is 5.75 Å². The number of methoxy groups -OCH3 is 1. The van der Waals surface area contributed by atoms with E-state index in [9.17, 15) is 4.79 Å². The fourth-order valence-electron chi connectivity index (χ4n) is 3.24. The van der Waals surface area contributed by atoms with Crippen molar-refractivity contribution in [3.63, 3.8) is 0 Å². The van der Waals surface area contributed by atoms with E-state index >= 15 is 0 Å². The Hall–Kier alpha value is -2.63. The number of nitrogens with zero attached hydrogens (tertiary/aromatic N) is 2. The smallest absolute Gasteiger partial charge is 0.274 e. The van der Waals surface area contributed by atoms with Crippen LogP contribution in [0.2, 0.25) is 5.02 Å². The molecule has 0 radical (unpaired) electrons. The maximum Gasteiger partial charge on any atom is 0.274 e. The van der Waals surface area contributed by atoms with E-state index in [0.717, 1.165) is 22.6 Å². The van der Waals surface area contributed by atoms with E-state index in [0.29, 0.717) is 17.0 Å². The normalized spacial score (nSPS) is 16.3. The molecule has 27 heavy (non-hydrogen) atoms. The zero-order chi connectivity index (χ0) is 18.8. The Morgan fingerprint density at radius 3 is 2.81 bits per heavy atom. The molecule has 0 N–H and O–H groups in total. The van der Waals surface area contributed by atoms with E-state index < -0.39 is 0 Å². The van der Waals surface area contributed by atoms with Gasteiger partial charge in [-0.25, -0.2) is 5.01 Å². The molecule has 136 valence electrons. The molecule has 1 aliphatic heterocycles. The van der Waals surface area contributed by atoms with Gasteiger partial charge in [-0.2, -0.15) is 16.4 Å². The Balaban J connectivity index is 1.76. The van der Waals surface area contributed by atoms with Crippen LogP contribution in [0.1, 0.15) is 33.9 Å². The SMILES string of the molecule is COc1ccccc1[C@H]1CC(c2ccsc2)=NN1C(=O)c1cccc(Cl)c1. The van der Waals surface area contributed by atoms with E-state index in [1.165, 1.54) is 0 Å². The van der Waals surface area contributed by atoms with Crippen LogP contribution in [0.3, 0.4) is 0 Å². The van der Waals surface area contributed by atoms with Crippen LogP contribution in [0.25, 0.3) is 0 Å². The molecule has 4 rings (SSSR count). The highest BCUT2D eigenvalue weighted by molar-refractivity contribution is 7.08. The van der Waals surface area contributed by atoms with Crippen molar-refractivity contribution in [1.29, 1.82) is 0 Å². The van der Waals surface area contributed by atoms with Crippen LogP contribution in [-0.4, -0.2) is 23.7 Å². The zero-order valence-corrected chi connectivity index (χ0v) is 16.2. The molecule has 0 saturated heterocycles. The zero-order valence-electron chi connectivity index (χ0n) is 14.6. The van der Waals surface area contributed by atoms with Gasteiger partial charge in [0.15, 0.2) is 0 Å². The number of para-hydroxylation sites is 1. The molecule has 1 aliphatic rings. The van der Waals surface area contributed by atoms with Crippen molar-refractivity contribution in [2.45, 2.75) is 12.5 Å². The first-order chi connectivity index (χ1) is 13.2. The molecule has 6 heteroatoms. The number of thiophene rings is 1. The first-order valence-corrected chi connectivity index (χ1v) is 9.81. The van der Waals surface area contributed by atoms with Crippen LogP contribution in [0.5, 0.6) is 5.75 Å². The summed E-state index contributed by atoms with van der Waals surface area (Å²) in [6, 6.07) is 16.5. The van der Waals surface area contributed by atoms with Gasteiger partial charge in [-0.15, -0.1) is 0 Å². The van der Waals surface area contributed by atoms with Gasteiger partial charge < -0.3 is 4.74 Å². The van der Waals surface area contributed by atoms with Crippen molar-refractivity contribution in [2.24, 2.45) is 5.10 Å². The first kappa shape index (κ1) is 17.8. The number of hydrogen-bond acceptors (Lipinski definition) is 4. The number of carbonyl (C=O) groups excluding carboxylic acids is 1. The Morgan fingerprint density at radius 2 is 2.07 bits per heavy atom. The Morgan fingerprint density at radius 1 is 1.22 bits per heavy atom. The van der Waals surface area contributed by atoms with Gasteiger partial charge in [-0.05, 0) is 41.1 Å². The minimum absolute atomic E-state index is 0.182. The molecule has 0 spiro atoms. The molecule has 0 unspecified atom stereocenters. The summed E-state index contributed by atoms with van der Waals surface area (Å²) in [7, 11) is 1.64. The molecule has 4 nitrogen and oxygen atoms in total. The molecule has 2 heterocycles. The molecule has 1 amide bonds. The van der Waals surface area contributed by atoms with Gasteiger partial charge in [0.25, 0.3) is 5.91 Å². The Kier molecular flexibility index (Phi) is 4.97. The quantitative estimate of drug-likeness (QED) is 0.592. The first-order valence-electron chi connectivity index (χ1n) is 8.49. The van der Waals surface area contributed by atoms with Crippen LogP contribution in [0, 0.1) is 0 Å². The summed E-state index contributed by atoms with van der Waals surface area (Å²) >= 11 is 7.69. The molecule has 0 saturated carbocycles. The minimum atomic E-state index is -0.234. The van der Waals surface area contributed by atoms with E-state index in [-0.39, 0.29) is 11.9 Å². The van der Waals surface area contributed by atoms with E-state index in [1.54, 1.807) is 47.7 Å². The highest BCUT2D eigenvalue weighted by atomic mass is 35.5. The molecule has 0 bridgehead atoms. The molecule has 2 aromatic carbocycles. The number of hydrogen-bond donors (Lipinski definition) is 0. The maximum absolute atomic E-state index is 13.2. The molecule has 1 atom stereocenters. The van der Waals surface area contributed by atoms with Crippen molar-refractivity contribution < 1.29 is 9.53 Å². The highest BCUT2D eigenvalue weighted by Crippen LogP contribution is 2.38. The van der Waals surface area contributed by atoms with Gasteiger partial charge in [0.2, 0.25) is 0 Å². The number of amides is 1. The van der Waals surface area contributed by atoms with Crippen molar-refractivity contribution in [2.75, 3.05) is 7.11 Å². The number of halogens is 1. The average Bonchev–Trinajstić information content (AvgIpc) is 3.37. The second kappa shape index (κ2) is 7.55. The number of ether oxygens (including phenoxy) is 1. The topological polar surface area (TPSA) is 41.9 Å². The number of carbonyl (C=O) groups is 1. The molecule has 0 fully saturated rings. The second-order valence-corrected chi connectivity index (χ2v) is 7.40. The van der Waals surface area contributed by atoms with Gasteiger partial charge in [0, 0.05) is 28.1 Å². The van der Waals surface area contributed by atoms with Crippen LogP contribution in [-0.2, 0) is 0 Å². The number of rotatable bonds is 4. The lowest BCUT2D eigenvalue weighted by molar-refractivity contribution is 0.0709. The van der Waals surface area contributed by atoms with E-state index in [1.807, 2.05) is 41.1 Å². The average molecular weight is 397 g/mol. The summed E-state index contributed by atoms with van der Waals surface area (Å²) in [5.41, 5.74) is 3.38. The second-order valence-electron chi connectivity index (χ2n) is 6.18. The standard InChI is InChI=1S/C21H17ClN2O2S/c1-26-20-8-3-2-7-17(20)19-12-18(15-9-10-27-13-15)23-24(19)21(25)14-5-4-6-16(22)11-14/h2-11,13,19H,12H2,1H3/t19-/m1/s1. The Bertz CT molecular complexity index is 1000. The molecular formula is C21H17ClN2O2S. The summed E-state index contributed by atoms with van der Waals surface area (Å²) in [6.45, 7) is 0. The highest BCUT2D eigenvalue weighted by Gasteiger charge is 2.35. The molecule has 1 aromatic heterocycles. The van der Waals surface area contributed by atoms with Gasteiger partial charge in [-0.1, -0.05) is 35.9 Å². The molecule has 3 aromatic rings.